The zero-order valence-corrected chi connectivity index (χ0v) is 21.7. The molecule has 3 atom stereocenters. The Morgan fingerprint density at radius 3 is 2.64 bits per heavy atom. The monoisotopic (exact) mass is 501 g/mol. The van der Waals surface area contributed by atoms with Crippen LogP contribution in [0.5, 0.6) is 0 Å². The van der Waals surface area contributed by atoms with Gasteiger partial charge in [0.1, 0.15) is 0 Å². The highest BCUT2D eigenvalue weighted by molar-refractivity contribution is 5.85. The molecule has 5 rings (SSSR count). The number of nitrogens with one attached hydrogen (secondary N) is 2. The lowest BCUT2D eigenvalue weighted by atomic mass is 9.61. The average molecular weight is 503 g/mol. The van der Waals surface area contributed by atoms with Crippen molar-refractivity contribution in [2.75, 3.05) is 45.9 Å². The molecule has 0 radical (unpaired) electrons. The largest absolute Gasteiger partial charge is 0.379 e. The lowest BCUT2D eigenvalue weighted by molar-refractivity contribution is -0.140. The van der Waals surface area contributed by atoms with Crippen molar-refractivity contribution in [1.82, 2.24) is 25.3 Å². The molecule has 7 nitrogen and oxygen atoms in total. The second kappa shape index (κ2) is 10.8. The Hall–Kier alpha value is -0.860. The van der Waals surface area contributed by atoms with Crippen LogP contribution >= 0.6 is 24.8 Å². The summed E-state index contributed by atoms with van der Waals surface area (Å²) in [7, 11) is 0. The molecule has 2 aliphatic heterocycles. The minimum Gasteiger partial charge on any atom is -0.379 e. The third kappa shape index (κ3) is 5.53. The van der Waals surface area contributed by atoms with Gasteiger partial charge in [-0.3, -0.25) is 14.4 Å². The number of fused-ring (bicyclic) bond motifs is 1. The lowest BCUT2D eigenvalue weighted by Gasteiger charge is -2.51. The van der Waals surface area contributed by atoms with Crippen LogP contribution in [0.3, 0.4) is 0 Å². The van der Waals surface area contributed by atoms with E-state index in [9.17, 15) is 4.79 Å². The van der Waals surface area contributed by atoms with Gasteiger partial charge in [-0.15, -0.1) is 24.8 Å². The van der Waals surface area contributed by atoms with Crippen LogP contribution in [0, 0.1) is 30.6 Å². The topological polar surface area (TPSA) is 71.4 Å². The molecule has 2 aliphatic carbocycles. The summed E-state index contributed by atoms with van der Waals surface area (Å²) in [5.41, 5.74) is 2.25. The van der Waals surface area contributed by atoms with Gasteiger partial charge in [-0.05, 0) is 70.9 Å². The summed E-state index contributed by atoms with van der Waals surface area (Å²) in [6.07, 6.45) is 6.77. The standard InChI is InChI=1S/C24H39N5O2.2ClH/c1-18-13-19(2)29(27-18)17-23(6-7-23)15-26-22(30)24-5-3-21(28-9-11-31-12-10-28)14-20(24)4-8-25-16-24;;/h13,20-21,25H,3-12,14-17H2,1-2H3,(H,26,30);2*1H/t20-,21+,24-;;/m1../s1. The van der Waals surface area contributed by atoms with Crippen LogP contribution in [-0.4, -0.2) is 72.6 Å². The maximum absolute atomic E-state index is 13.6. The van der Waals surface area contributed by atoms with Crippen LogP contribution < -0.4 is 10.6 Å². The summed E-state index contributed by atoms with van der Waals surface area (Å²) in [5.74, 6) is 0.784. The maximum atomic E-state index is 13.6. The molecule has 4 fully saturated rings. The number of hydrogen-bond donors (Lipinski definition) is 2. The summed E-state index contributed by atoms with van der Waals surface area (Å²) in [6, 6.07) is 2.76. The number of rotatable bonds is 6. The summed E-state index contributed by atoms with van der Waals surface area (Å²) >= 11 is 0. The molecule has 0 bridgehead atoms. The van der Waals surface area contributed by atoms with E-state index in [-0.39, 0.29) is 35.6 Å². The van der Waals surface area contributed by atoms with Crippen LogP contribution in [0.4, 0.5) is 0 Å². The molecule has 1 aromatic heterocycles. The molecule has 2 N–H and O–H groups in total. The summed E-state index contributed by atoms with van der Waals surface area (Å²) in [6.45, 7) is 11.5. The Labute approximate surface area is 210 Å². The molecule has 3 heterocycles. The number of amides is 1. The van der Waals surface area contributed by atoms with E-state index in [1.54, 1.807) is 0 Å². The van der Waals surface area contributed by atoms with Crippen LogP contribution in [0.25, 0.3) is 0 Å². The highest BCUT2D eigenvalue weighted by Crippen LogP contribution is 2.49. The van der Waals surface area contributed by atoms with E-state index >= 15 is 0 Å². The van der Waals surface area contributed by atoms with E-state index in [2.05, 4.69) is 38.3 Å². The highest BCUT2D eigenvalue weighted by Gasteiger charge is 2.52. The predicted octanol–water partition coefficient (Wildman–Crippen LogP) is 2.72. The number of hydrogen-bond acceptors (Lipinski definition) is 5. The third-order valence-electron chi connectivity index (χ3n) is 8.56. The first-order valence-electron chi connectivity index (χ1n) is 12.3. The SMILES string of the molecule is Cc1cc(C)n(CC2(CNC(=O)[C@@]34CC[C@H](N5CCOCC5)C[C@H]3CCNC4)CC2)n1.Cl.Cl. The van der Waals surface area contributed by atoms with Gasteiger partial charge < -0.3 is 15.4 Å². The van der Waals surface area contributed by atoms with Crippen molar-refractivity contribution in [2.45, 2.75) is 65.0 Å². The molecule has 0 spiro atoms. The fourth-order valence-electron chi connectivity index (χ4n) is 6.33. The molecule has 33 heavy (non-hydrogen) atoms. The minimum absolute atomic E-state index is 0. The normalized spacial score (nSPS) is 31.0. The predicted molar refractivity (Wildman–Crippen MR) is 134 cm³/mol. The Morgan fingerprint density at radius 2 is 1.97 bits per heavy atom. The molecular formula is C24H41Cl2N5O2. The number of carbonyl (C=O) groups excluding carboxylic acids is 1. The summed E-state index contributed by atoms with van der Waals surface area (Å²) in [4.78, 5) is 16.2. The van der Waals surface area contributed by atoms with Crippen LogP contribution in [0.1, 0.15) is 49.9 Å². The van der Waals surface area contributed by atoms with Crippen molar-refractivity contribution in [3.63, 3.8) is 0 Å². The molecule has 188 valence electrons. The maximum Gasteiger partial charge on any atom is 0.227 e. The van der Waals surface area contributed by atoms with Crippen molar-refractivity contribution in [3.8, 4) is 0 Å². The van der Waals surface area contributed by atoms with E-state index in [0.29, 0.717) is 17.9 Å². The molecule has 4 aliphatic rings. The van der Waals surface area contributed by atoms with Gasteiger partial charge >= 0.3 is 0 Å². The molecule has 0 aromatic carbocycles. The van der Waals surface area contributed by atoms with Gasteiger partial charge in [0.2, 0.25) is 5.91 Å². The van der Waals surface area contributed by atoms with E-state index in [4.69, 9.17) is 4.74 Å². The average Bonchev–Trinajstić information content (AvgIpc) is 3.49. The van der Waals surface area contributed by atoms with E-state index in [1.807, 2.05) is 6.92 Å². The van der Waals surface area contributed by atoms with Gasteiger partial charge in [-0.2, -0.15) is 5.10 Å². The van der Waals surface area contributed by atoms with Crippen LogP contribution in [-0.2, 0) is 16.1 Å². The van der Waals surface area contributed by atoms with E-state index < -0.39 is 0 Å². The van der Waals surface area contributed by atoms with Gasteiger partial charge in [0.15, 0.2) is 0 Å². The lowest BCUT2D eigenvalue weighted by Crippen LogP contribution is -2.60. The first-order valence-corrected chi connectivity index (χ1v) is 12.3. The fourth-order valence-corrected chi connectivity index (χ4v) is 6.33. The van der Waals surface area contributed by atoms with Crippen molar-refractivity contribution in [3.05, 3.63) is 17.5 Å². The Morgan fingerprint density at radius 1 is 1.21 bits per heavy atom. The first-order chi connectivity index (χ1) is 15.0. The van der Waals surface area contributed by atoms with Crippen molar-refractivity contribution in [2.24, 2.45) is 16.7 Å². The first kappa shape index (κ1) is 26.7. The van der Waals surface area contributed by atoms with Gasteiger partial charge in [0, 0.05) is 49.9 Å². The number of morpholine rings is 1. The Balaban J connectivity index is 0.00000153. The smallest absolute Gasteiger partial charge is 0.227 e. The number of carbonyl (C=O) groups is 1. The minimum atomic E-state index is -0.227. The van der Waals surface area contributed by atoms with E-state index in [1.165, 1.54) is 18.5 Å². The fraction of sp³-hybridized carbons (Fsp3) is 0.833. The number of ether oxygens (including phenoxy) is 1. The van der Waals surface area contributed by atoms with Crippen molar-refractivity contribution >= 4 is 30.7 Å². The third-order valence-corrected chi connectivity index (χ3v) is 8.56. The Kier molecular flexibility index (Phi) is 8.76. The molecular weight excluding hydrogens is 461 g/mol. The van der Waals surface area contributed by atoms with E-state index in [0.717, 1.165) is 83.9 Å². The number of aromatic nitrogens is 2. The van der Waals surface area contributed by atoms with Gasteiger partial charge in [0.05, 0.1) is 24.3 Å². The van der Waals surface area contributed by atoms with Gasteiger partial charge in [-0.25, -0.2) is 0 Å². The van der Waals surface area contributed by atoms with Crippen LogP contribution in [0.15, 0.2) is 6.07 Å². The van der Waals surface area contributed by atoms with Crippen molar-refractivity contribution < 1.29 is 9.53 Å². The number of nitrogens with zero attached hydrogens (tertiary/aromatic N) is 3. The van der Waals surface area contributed by atoms with Gasteiger partial charge in [-0.1, -0.05) is 0 Å². The molecule has 2 saturated heterocycles. The number of aryl methyl sites for hydroxylation is 2. The summed E-state index contributed by atoms with van der Waals surface area (Å²) in [5, 5.41) is 11.6. The van der Waals surface area contributed by atoms with Gasteiger partial charge in [0.25, 0.3) is 0 Å². The summed E-state index contributed by atoms with van der Waals surface area (Å²) < 4.78 is 7.68. The Bertz CT molecular complexity index is 809. The molecule has 1 amide bonds. The molecule has 0 unspecified atom stereocenters. The molecule has 2 saturated carbocycles. The number of halogens is 2. The van der Waals surface area contributed by atoms with Crippen molar-refractivity contribution in [1.29, 1.82) is 0 Å². The zero-order chi connectivity index (χ0) is 21.5. The van der Waals surface area contributed by atoms with Crippen LogP contribution in [0.2, 0.25) is 0 Å². The zero-order valence-electron chi connectivity index (χ0n) is 20.1. The second-order valence-electron chi connectivity index (χ2n) is 10.7. The number of piperidine rings is 1. The second-order valence-corrected chi connectivity index (χ2v) is 10.7. The quantitative estimate of drug-likeness (QED) is 0.626. The highest BCUT2D eigenvalue weighted by atomic mass is 35.5. The molecule has 1 aromatic rings. The molecule has 9 heteroatoms.